The molecule has 2 aromatic rings. The third-order valence-electron chi connectivity index (χ3n) is 6.33. The molecule has 9 nitrogen and oxygen atoms in total. The molecule has 4 rings (SSSR count). The van der Waals surface area contributed by atoms with Gasteiger partial charge in [-0.3, -0.25) is 29.3 Å². The van der Waals surface area contributed by atoms with Gasteiger partial charge in [-0.1, -0.05) is 43.3 Å². The molecule has 2 aliphatic rings. The number of benzene rings is 2. The second kappa shape index (κ2) is 8.93. The molecule has 0 radical (unpaired) electrons. The maximum Gasteiger partial charge on any atom is 0.273 e. The van der Waals surface area contributed by atoms with Crippen LogP contribution in [0, 0.1) is 27.9 Å². The molecular formula is C24H23N3O6. The largest absolute Gasteiger partial charge is 0.292 e. The van der Waals surface area contributed by atoms with Gasteiger partial charge in [0.15, 0.2) is 5.78 Å². The van der Waals surface area contributed by atoms with E-state index in [2.05, 4.69) is 0 Å². The Hall–Kier alpha value is -3.88. The Labute approximate surface area is 190 Å². The number of fused-ring (bicyclic) bond motifs is 1. The third-order valence-corrected chi connectivity index (χ3v) is 6.33. The van der Waals surface area contributed by atoms with Gasteiger partial charge in [0.25, 0.3) is 23.4 Å². The van der Waals surface area contributed by atoms with Gasteiger partial charge in [0.1, 0.15) is 6.54 Å². The lowest BCUT2D eigenvalue weighted by Crippen LogP contribution is -2.52. The van der Waals surface area contributed by atoms with Crippen LogP contribution in [0.3, 0.4) is 0 Å². The van der Waals surface area contributed by atoms with Gasteiger partial charge in [0, 0.05) is 23.3 Å². The highest BCUT2D eigenvalue weighted by molar-refractivity contribution is 6.09. The van der Waals surface area contributed by atoms with Crippen molar-refractivity contribution in [1.29, 1.82) is 0 Å². The summed E-state index contributed by atoms with van der Waals surface area (Å²) < 4.78 is 0. The van der Waals surface area contributed by atoms with E-state index < -0.39 is 46.8 Å². The van der Waals surface area contributed by atoms with Crippen molar-refractivity contribution in [3.05, 3.63) is 75.8 Å². The Kier molecular flexibility index (Phi) is 6.04. The molecule has 1 aliphatic heterocycles. The number of imide groups is 1. The van der Waals surface area contributed by atoms with Crippen LogP contribution in [0.4, 0.5) is 5.69 Å². The van der Waals surface area contributed by atoms with Crippen LogP contribution < -0.4 is 0 Å². The minimum absolute atomic E-state index is 0.0890. The van der Waals surface area contributed by atoms with E-state index >= 15 is 0 Å². The van der Waals surface area contributed by atoms with Crippen LogP contribution in [0.15, 0.2) is 54.6 Å². The molecule has 33 heavy (non-hydrogen) atoms. The number of carbonyl (C=O) groups excluding carboxylic acids is 4. The van der Waals surface area contributed by atoms with E-state index in [1.54, 1.807) is 30.3 Å². The van der Waals surface area contributed by atoms with Gasteiger partial charge in [0.2, 0.25) is 0 Å². The summed E-state index contributed by atoms with van der Waals surface area (Å²) in [6, 6.07) is 13.2. The van der Waals surface area contributed by atoms with Crippen molar-refractivity contribution in [2.75, 3.05) is 6.54 Å². The fourth-order valence-electron chi connectivity index (χ4n) is 4.60. The van der Waals surface area contributed by atoms with Gasteiger partial charge in [-0.05, 0) is 31.2 Å². The smallest absolute Gasteiger partial charge is 0.273 e. The zero-order chi connectivity index (χ0) is 23.7. The average Bonchev–Trinajstić information content (AvgIpc) is 3.06. The molecule has 0 unspecified atom stereocenters. The summed E-state index contributed by atoms with van der Waals surface area (Å²) in [6.07, 6.45) is 1.88. The van der Waals surface area contributed by atoms with E-state index in [-0.39, 0.29) is 17.2 Å². The van der Waals surface area contributed by atoms with Crippen molar-refractivity contribution in [3.8, 4) is 0 Å². The van der Waals surface area contributed by atoms with E-state index in [0.717, 1.165) is 22.5 Å². The van der Waals surface area contributed by atoms with Crippen LogP contribution in [-0.4, -0.2) is 45.0 Å². The molecular weight excluding hydrogens is 426 g/mol. The molecule has 3 amide bonds. The normalized spacial score (nSPS) is 22.1. The number of carbonyl (C=O) groups is 4. The molecule has 0 spiro atoms. The molecule has 2 fully saturated rings. The molecule has 2 aromatic carbocycles. The topological polar surface area (TPSA) is 118 Å². The van der Waals surface area contributed by atoms with Gasteiger partial charge in [-0.25, -0.2) is 5.01 Å². The Morgan fingerprint density at radius 3 is 2.36 bits per heavy atom. The Balaban J connectivity index is 1.71. The monoisotopic (exact) mass is 449 g/mol. The van der Waals surface area contributed by atoms with Crippen LogP contribution >= 0.6 is 0 Å². The van der Waals surface area contributed by atoms with Crippen molar-refractivity contribution in [3.63, 3.8) is 0 Å². The van der Waals surface area contributed by atoms with Gasteiger partial charge >= 0.3 is 0 Å². The van der Waals surface area contributed by atoms with Crippen molar-refractivity contribution in [1.82, 2.24) is 10.0 Å². The number of nitrogens with zero attached hydrogens (tertiary/aromatic N) is 3. The van der Waals surface area contributed by atoms with E-state index in [0.29, 0.717) is 18.4 Å². The highest BCUT2D eigenvalue weighted by atomic mass is 16.6. The molecule has 9 heteroatoms. The third kappa shape index (κ3) is 4.26. The quantitative estimate of drug-likeness (QED) is 0.289. The van der Waals surface area contributed by atoms with E-state index in [4.69, 9.17) is 0 Å². The molecule has 0 bridgehead atoms. The van der Waals surface area contributed by atoms with Crippen molar-refractivity contribution < 1.29 is 24.1 Å². The molecule has 0 N–H and O–H groups in total. The number of rotatable bonds is 6. The molecule has 170 valence electrons. The predicted molar refractivity (Wildman–Crippen MR) is 117 cm³/mol. The van der Waals surface area contributed by atoms with Crippen LogP contribution in [0.1, 0.15) is 46.9 Å². The fraction of sp³-hybridized carbons (Fsp3) is 0.333. The van der Waals surface area contributed by atoms with Crippen molar-refractivity contribution in [2.45, 2.75) is 26.2 Å². The van der Waals surface area contributed by atoms with Gasteiger partial charge in [0.05, 0.1) is 16.8 Å². The second-order valence-corrected chi connectivity index (χ2v) is 8.58. The standard InChI is InChI=1S/C24H23N3O6/c1-15-10-11-19-20(12-15)24(31)26(23(19)30)25(14-21(28)16-6-3-2-4-7-16)22(29)17-8-5-9-18(13-17)27(32)33/h2-9,13,15,19-20H,10-12,14H2,1H3/t15-,19-,20+/m1/s1. The number of ketones is 1. The van der Waals surface area contributed by atoms with Crippen LogP contribution in [0.2, 0.25) is 0 Å². The van der Waals surface area contributed by atoms with E-state index in [9.17, 15) is 29.3 Å². The van der Waals surface area contributed by atoms with Crippen LogP contribution in [0.5, 0.6) is 0 Å². The maximum absolute atomic E-state index is 13.4. The first kappa shape index (κ1) is 22.3. The highest BCUT2D eigenvalue weighted by Crippen LogP contribution is 2.41. The summed E-state index contributed by atoms with van der Waals surface area (Å²) in [6.45, 7) is 1.47. The van der Waals surface area contributed by atoms with Crippen molar-refractivity contribution in [2.24, 2.45) is 17.8 Å². The molecule has 1 heterocycles. The summed E-state index contributed by atoms with van der Waals surface area (Å²) >= 11 is 0. The Morgan fingerprint density at radius 2 is 1.67 bits per heavy atom. The van der Waals surface area contributed by atoms with E-state index in [1.807, 2.05) is 6.92 Å². The summed E-state index contributed by atoms with van der Waals surface area (Å²) in [7, 11) is 0. The average molecular weight is 449 g/mol. The summed E-state index contributed by atoms with van der Waals surface area (Å²) in [5.41, 5.74) is -0.0786. The summed E-state index contributed by atoms with van der Waals surface area (Å²) in [5.74, 6) is -3.08. The lowest BCUT2D eigenvalue weighted by molar-refractivity contribution is -0.384. The molecule has 1 saturated heterocycles. The summed E-state index contributed by atoms with van der Waals surface area (Å²) in [4.78, 5) is 63.4. The summed E-state index contributed by atoms with van der Waals surface area (Å²) in [5, 5.41) is 12.8. The Bertz CT molecular complexity index is 1130. The predicted octanol–water partition coefficient (Wildman–Crippen LogP) is 3.26. The van der Waals surface area contributed by atoms with Crippen LogP contribution in [0.25, 0.3) is 0 Å². The van der Waals surface area contributed by atoms with Gasteiger partial charge in [-0.15, -0.1) is 0 Å². The molecule has 0 aromatic heterocycles. The minimum atomic E-state index is -0.823. The minimum Gasteiger partial charge on any atom is -0.292 e. The number of nitro benzene ring substituents is 1. The fourth-order valence-corrected chi connectivity index (χ4v) is 4.60. The zero-order valence-corrected chi connectivity index (χ0v) is 18.0. The lowest BCUT2D eigenvalue weighted by Gasteiger charge is -2.30. The van der Waals surface area contributed by atoms with Crippen LogP contribution in [-0.2, 0) is 9.59 Å². The number of hydrogen-bond acceptors (Lipinski definition) is 6. The number of nitro groups is 1. The number of Topliss-reactive ketones (excluding diaryl/α,β-unsaturated/α-hetero) is 1. The highest BCUT2D eigenvalue weighted by Gasteiger charge is 2.52. The second-order valence-electron chi connectivity index (χ2n) is 8.58. The number of non-ortho nitro benzene ring substituents is 1. The zero-order valence-electron chi connectivity index (χ0n) is 18.0. The number of hydrogen-bond donors (Lipinski definition) is 0. The maximum atomic E-state index is 13.4. The molecule has 1 aliphatic carbocycles. The molecule has 3 atom stereocenters. The Morgan fingerprint density at radius 1 is 1.00 bits per heavy atom. The van der Waals surface area contributed by atoms with E-state index in [1.165, 1.54) is 18.2 Å². The van der Waals surface area contributed by atoms with Gasteiger partial charge < -0.3 is 0 Å². The number of hydrazine groups is 1. The van der Waals surface area contributed by atoms with Gasteiger partial charge in [-0.2, -0.15) is 5.01 Å². The first-order valence-corrected chi connectivity index (χ1v) is 10.8. The lowest BCUT2D eigenvalue weighted by atomic mass is 9.76. The van der Waals surface area contributed by atoms with Crippen molar-refractivity contribution >= 4 is 29.2 Å². The number of amides is 3. The first-order chi connectivity index (χ1) is 15.8. The first-order valence-electron chi connectivity index (χ1n) is 10.8. The SMILES string of the molecule is C[C@@H]1CC[C@H]2C(=O)N(N(CC(=O)c3ccccc3)C(=O)c3cccc([N+](=O)[O-])c3)C(=O)[C@H]2C1. The molecule has 1 saturated carbocycles.